The van der Waals surface area contributed by atoms with Crippen molar-refractivity contribution in [3.63, 3.8) is 0 Å². The minimum atomic E-state index is -1.11. The number of hydrogen-bond acceptors (Lipinski definition) is 8. The summed E-state index contributed by atoms with van der Waals surface area (Å²) in [5.41, 5.74) is 3.39. The number of hydrogen-bond donors (Lipinski definition) is 3. The molecular weight excluding hydrogens is 659 g/mol. The molecule has 2 amide bonds. The highest BCUT2D eigenvalue weighted by molar-refractivity contribution is 8.00. The number of ether oxygens (including phenoxy) is 1. The Morgan fingerprint density at radius 2 is 1.67 bits per heavy atom. The van der Waals surface area contributed by atoms with Crippen LogP contribution in [0.5, 0.6) is 0 Å². The number of amides is 2. The second-order valence-electron chi connectivity index (χ2n) is 11.6. The van der Waals surface area contributed by atoms with Crippen molar-refractivity contribution in [1.29, 1.82) is 0 Å². The molecule has 1 aromatic heterocycles. The van der Waals surface area contributed by atoms with Gasteiger partial charge in [-0.2, -0.15) is 0 Å². The van der Waals surface area contributed by atoms with Gasteiger partial charge in [0.25, 0.3) is 5.91 Å². The van der Waals surface area contributed by atoms with E-state index in [0.717, 1.165) is 28.4 Å². The van der Waals surface area contributed by atoms with Crippen molar-refractivity contribution in [2.24, 2.45) is 0 Å². The van der Waals surface area contributed by atoms with E-state index in [1.54, 1.807) is 48.5 Å². The van der Waals surface area contributed by atoms with E-state index in [0.29, 0.717) is 46.4 Å². The van der Waals surface area contributed by atoms with E-state index in [1.807, 2.05) is 31.2 Å². The number of benzene rings is 4. The van der Waals surface area contributed by atoms with Crippen LogP contribution in [-0.4, -0.2) is 52.7 Å². The Morgan fingerprint density at radius 3 is 2.39 bits per heavy atom. The molecule has 9 nitrogen and oxygen atoms in total. The molecule has 0 aliphatic carbocycles. The lowest BCUT2D eigenvalue weighted by Gasteiger charge is -2.27. The summed E-state index contributed by atoms with van der Waals surface area (Å²) in [6, 6.07) is 27.4. The highest BCUT2D eigenvalue weighted by Gasteiger charge is 2.30. The number of fused-ring (bicyclic) bond motifs is 2. The third-order valence-electron chi connectivity index (χ3n) is 8.42. The van der Waals surface area contributed by atoms with E-state index in [-0.39, 0.29) is 17.0 Å². The Hall–Kier alpha value is -4.97. The number of thioether (sulfide) groups is 1. The molecule has 0 fully saturated rings. The number of rotatable bonds is 11. The first-order chi connectivity index (χ1) is 23.7. The van der Waals surface area contributed by atoms with Crippen LogP contribution in [0.15, 0.2) is 95.9 Å². The molecule has 0 radical (unpaired) electrons. The topological polar surface area (TPSA) is 125 Å². The molecular formula is C38H35N3O6S2. The maximum absolute atomic E-state index is 13.7. The van der Waals surface area contributed by atoms with E-state index in [1.165, 1.54) is 41.8 Å². The zero-order valence-electron chi connectivity index (χ0n) is 27.0. The number of carboxylic acid groups (broad SMARTS) is 1. The minimum Gasteiger partial charge on any atom is -0.478 e. The summed E-state index contributed by atoms with van der Waals surface area (Å²) in [6.07, 6.45) is 1.20. The van der Waals surface area contributed by atoms with Crippen LogP contribution in [0.2, 0.25) is 0 Å². The second kappa shape index (κ2) is 15.1. The molecule has 1 unspecified atom stereocenters. The fraction of sp³-hybridized carbons (Fsp3) is 0.211. The van der Waals surface area contributed by atoms with Crippen molar-refractivity contribution < 1.29 is 29.0 Å². The number of carboxylic acids is 1. The lowest BCUT2D eigenvalue weighted by atomic mass is 9.98. The molecule has 1 aliphatic heterocycles. The molecule has 0 bridgehead atoms. The number of methoxy groups -OCH3 is 1. The average Bonchev–Trinajstić information content (AvgIpc) is 3.47. The van der Waals surface area contributed by atoms with E-state index in [4.69, 9.17) is 4.74 Å². The fourth-order valence-electron chi connectivity index (χ4n) is 6.07. The van der Waals surface area contributed by atoms with Gasteiger partial charge in [-0.05, 0) is 59.7 Å². The predicted molar refractivity (Wildman–Crippen MR) is 194 cm³/mol. The number of thiophene rings is 1. The Balaban J connectivity index is 1.17. The van der Waals surface area contributed by atoms with Gasteiger partial charge in [0.2, 0.25) is 5.91 Å². The van der Waals surface area contributed by atoms with Crippen molar-refractivity contribution in [3.8, 4) is 0 Å². The van der Waals surface area contributed by atoms with Crippen LogP contribution in [0.4, 0.5) is 10.7 Å². The first-order valence-corrected chi connectivity index (χ1v) is 17.6. The lowest BCUT2D eigenvalue weighted by molar-refractivity contribution is -0.115. The summed E-state index contributed by atoms with van der Waals surface area (Å²) in [5.74, 6) is -2.25. The van der Waals surface area contributed by atoms with Crippen molar-refractivity contribution in [2.75, 3.05) is 24.3 Å². The highest BCUT2D eigenvalue weighted by atomic mass is 32.2. The van der Waals surface area contributed by atoms with Gasteiger partial charge in [-0.1, -0.05) is 67.6 Å². The smallest absolute Gasteiger partial charge is 0.341 e. The van der Waals surface area contributed by atoms with Crippen LogP contribution in [0.1, 0.15) is 60.4 Å². The van der Waals surface area contributed by atoms with Gasteiger partial charge in [0.05, 0.1) is 23.5 Å². The molecule has 49 heavy (non-hydrogen) atoms. The largest absolute Gasteiger partial charge is 0.478 e. The van der Waals surface area contributed by atoms with E-state index in [2.05, 4.69) is 27.7 Å². The summed E-state index contributed by atoms with van der Waals surface area (Å²) < 4.78 is 5.14. The number of carbonyl (C=O) groups excluding carboxylic acids is 3. The van der Waals surface area contributed by atoms with E-state index >= 15 is 0 Å². The summed E-state index contributed by atoms with van der Waals surface area (Å²) in [7, 11) is 1.35. The summed E-state index contributed by atoms with van der Waals surface area (Å²) in [4.78, 5) is 56.1. The molecule has 250 valence electrons. The fourth-order valence-corrected chi connectivity index (χ4v) is 8.37. The molecule has 4 aromatic carbocycles. The van der Waals surface area contributed by atoms with Crippen LogP contribution in [-0.2, 0) is 29.0 Å². The Kier molecular flexibility index (Phi) is 10.4. The van der Waals surface area contributed by atoms with Crippen LogP contribution in [0.3, 0.4) is 0 Å². The number of carbonyl (C=O) groups is 4. The van der Waals surface area contributed by atoms with Crippen LogP contribution in [0, 0.1) is 0 Å². The van der Waals surface area contributed by atoms with Gasteiger partial charge in [0.15, 0.2) is 0 Å². The highest BCUT2D eigenvalue weighted by Crippen LogP contribution is 2.39. The van der Waals surface area contributed by atoms with Gasteiger partial charge < -0.3 is 20.5 Å². The molecule has 0 saturated carbocycles. The predicted octanol–water partition coefficient (Wildman–Crippen LogP) is 7.71. The third-order valence-corrected chi connectivity index (χ3v) is 10.9. The van der Waals surface area contributed by atoms with Crippen molar-refractivity contribution in [1.82, 2.24) is 4.90 Å². The first kappa shape index (κ1) is 33.9. The molecule has 0 spiro atoms. The second-order valence-corrected chi connectivity index (χ2v) is 14.0. The van der Waals surface area contributed by atoms with Gasteiger partial charge >= 0.3 is 11.9 Å². The lowest BCUT2D eigenvalue weighted by Crippen LogP contribution is -2.30. The number of nitrogens with one attached hydrogen (secondary N) is 2. The zero-order chi connectivity index (χ0) is 34.5. The number of anilines is 2. The Labute approximate surface area is 292 Å². The summed E-state index contributed by atoms with van der Waals surface area (Å²) >= 11 is 2.78. The van der Waals surface area contributed by atoms with Gasteiger partial charge in [0, 0.05) is 46.0 Å². The normalized spacial score (nSPS) is 13.3. The van der Waals surface area contributed by atoms with E-state index in [9.17, 15) is 24.3 Å². The Bertz CT molecular complexity index is 2040. The SMILES string of the molecule is CCC(Sc1cccc(NC(=O)c2cccc3cccc(C(=O)O)c23)c1)C(=O)Nc1sc2c(c1C(=O)OC)CCN(Cc1ccccc1)C2. The van der Waals surface area contributed by atoms with E-state index < -0.39 is 23.1 Å². The monoisotopic (exact) mass is 693 g/mol. The molecule has 0 saturated heterocycles. The standard InChI is InChI=1S/C38H35N3O6S2/c1-3-30(35(43)40-36-33(38(46)47-2)27-18-19-41(22-31(27)49-36)21-23-10-5-4-6-11-23)48-26-15-9-14-25(20-26)39-34(42)28-16-7-12-24-13-8-17-29(32(24)28)37(44)45/h4-17,20,30H,3,18-19,21-22H2,1-2H3,(H,39,42)(H,40,43)(H,44,45). The van der Waals surface area contributed by atoms with Crippen LogP contribution < -0.4 is 10.6 Å². The van der Waals surface area contributed by atoms with Crippen LogP contribution in [0.25, 0.3) is 10.8 Å². The molecule has 1 atom stereocenters. The Morgan fingerprint density at radius 1 is 0.939 bits per heavy atom. The van der Waals surface area contributed by atoms with Crippen LogP contribution >= 0.6 is 23.1 Å². The third kappa shape index (κ3) is 7.54. The number of esters is 1. The van der Waals surface area contributed by atoms with Gasteiger partial charge in [-0.25, -0.2) is 9.59 Å². The maximum atomic E-state index is 13.7. The summed E-state index contributed by atoms with van der Waals surface area (Å²) in [5, 5.41) is 16.7. The molecule has 3 N–H and O–H groups in total. The van der Waals surface area contributed by atoms with Crippen molar-refractivity contribution in [3.05, 3.63) is 124 Å². The quantitative estimate of drug-likeness (QED) is 0.0950. The van der Waals surface area contributed by atoms with Gasteiger partial charge in [0.1, 0.15) is 5.00 Å². The molecule has 1 aliphatic rings. The zero-order valence-corrected chi connectivity index (χ0v) is 28.7. The van der Waals surface area contributed by atoms with Gasteiger partial charge in [-0.3, -0.25) is 14.5 Å². The van der Waals surface area contributed by atoms with Gasteiger partial charge in [-0.15, -0.1) is 23.1 Å². The summed E-state index contributed by atoms with van der Waals surface area (Å²) in [6.45, 7) is 4.19. The first-order valence-electron chi connectivity index (χ1n) is 15.9. The molecule has 2 heterocycles. The maximum Gasteiger partial charge on any atom is 0.341 e. The minimum absolute atomic E-state index is 0.0517. The average molecular weight is 694 g/mol. The van der Waals surface area contributed by atoms with Crippen molar-refractivity contribution in [2.45, 2.75) is 43.0 Å². The number of nitrogens with zero attached hydrogens (tertiary/aromatic N) is 1. The molecule has 6 rings (SSSR count). The van der Waals surface area contributed by atoms with Crippen molar-refractivity contribution >= 4 is 68.3 Å². The molecule has 5 aromatic rings. The number of aromatic carboxylic acids is 1. The molecule has 11 heteroatoms.